The van der Waals surface area contributed by atoms with Gasteiger partial charge in [0.05, 0.1) is 0 Å². The Labute approximate surface area is 103 Å². The topological polar surface area (TPSA) is 20.2 Å². The molecule has 0 saturated heterocycles. The van der Waals surface area contributed by atoms with Gasteiger partial charge < -0.3 is 5.11 Å². The average Bonchev–Trinajstić information content (AvgIpc) is 2.35. The zero-order valence-electron chi connectivity index (χ0n) is 9.83. The summed E-state index contributed by atoms with van der Waals surface area (Å²) in [5, 5.41) is 10.6. The summed E-state index contributed by atoms with van der Waals surface area (Å²) in [4.78, 5) is 0. The molecule has 96 valence electrons. The predicted molar refractivity (Wildman–Crippen MR) is 64.3 cm³/mol. The summed E-state index contributed by atoms with van der Waals surface area (Å²) in [6.07, 6.45) is -6.34. The summed E-state index contributed by atoms with van der Waals surface area (Å²) in [6, 6.07) is 9.85. The molecule has 1 nitrogen and oxygen atoms in total. The first kappa shape index (κ1) is 12.9. The molecule has 0 aliphatic rings. The van der Waals surface area contributed by atoms with Crippen molar-refractivity contribution >= 4 is 10.8 Å². The van der Waals surface area contributed by atoms with Gasteiger partial charge in [-0.2, -0.15) is 13.2 Å². The van der Waals surface area contributed by atoms with E-state index in [0.29, 0.717) is 5.39 Å². The van der Waals surface area contributed by atoms with Gasteiger partial charge >= 0.3 is 6.18 Å². The lowest BCUT2D eigenvalue weighted by Crippen LogP contribution is -2.20. The minimum atomic E-state index is -4.64. The van der Waals surface area contributed by atoms with E-state index < -0.39 is 12.3 Å². The fraction of sp³-hybridized carbons (Fsp3) is 0.286. The molecular weight excluding hydrogens is 241 g/mol. The van der Waals surface area contributed by atoms with Crippen molar-refractivity contribution in [2.45, 2.75) is 25.6 Å². The normalized spacial score (nSPS) is 13.8. The molecule has 0 heterocycles. The van der Waals surface area contributed by atoms with Gasteiger partial charge in [-0.3, -0.25) is 0 Å². The second-order valence-electron chi connectivity index (χ2n) is 4.16. The van der Waals surface area contributed by atoms with Crippen molar-refractivity contribution in [3.63, 3.8) is 0 Å². The number of hydrogen-bond donors (Lipinski definition) is 1. The maximum atomic E-state index is 12.6. The van der Waals surface area contributed by atoms with Crippen molar-refractivity contribution in [1.82, 2.24) is 0 Å². The molecular formula is C14H13F3O. The molecule has 0 saturated carbocycles. The number of aryl methyl sites for hydroxylation is 1. The van der Waals surface area contributed by atoms with Crippen molar-refractivity contribution < 1.29 is 18.3 Å². The van der Waals surface area contributed by atoms with Gasteiger partial charge in [-0.05, 0) is 28.3 Å². The summed E-state index contributed by atoms with van der Waals surface area (Å²) in [5.41, 5.74) is 0.888. The summed E-state index contributed by atoms with van der Waals surface area (Å²) >= 11 is 0. The van der Waals surface area contributed by atoms with Gasteiger partial charge in [-0.25, -0.2) is 0 Å². The van der Waals surface area contributed by atoms with Gasteiger partial charge in [0.15, 0.2) is 6.10 Å². The molecule has 0 aromatic heterocycles. The number of aliphatic hydroxyl groups excluding tert-OH is 1. The molecule has 18 heavy (non-hydrogen) atoms. The molecule has 0 aliphatic carbocycles. The maximum Gasteiger partial charge on any atom is 0.418 e. The summed E-state index contributed by atoms with van der Waals surface area (Å²) in [7, 11) is 0. The second kappa shape index (κ2) is 4.61. The van der Waals surface area contributed by atoms with E-state index in [9.17, 15) is 18.3 Å². The second-order valence-corrected chi connectivity index (χ2v) is 4.16. The molecule has 0 bridgehead atoms. The highest BCUT2D eigenvalue weighted by atomic mass is 19.4. The van der Waals surface area contributed by atoms with E-state index in [0.717, 1.165) is 17.4 Å². The number of halogens is 3. The summed E-state index contributed by atoms with van der Waals surface area (Å²) in [6.45, 7) is 1.95. The first-order valence-corrected chi connectivity index (χ1v) is 5.70. The monoisotopic (exact) mass is 254 g/mol. The van der Waals surface area contributed by atoms with Crippen molar-refractivity contribution in [2.24, 2.45) is 0 Å². The Kier molecular flexibility index (Phi) is 3.30. The van der Waals surface area contributed by atoms with Gasteiger partial charge in [-0.1, -0.05) is 43.3 Å². The fourth-order valence-electron chi connectivity index (χ4n) is 2.11. The van der Waals surface area contributed by atoms with Crippen molar-refractivity contribution in [3.05, 3.63) is 47.5 Å². The number of alkyl halides is 3. The van der Waals surface area contributed by atoms with Gasteiger partial charge in [0.2, 0.25) is 0 Å². The maximum absolute atomic E-state index is 12.6. The van der Waals surface area contributed by atoms with Crippen LogP contribution in [0, 0.1) is 0 Å². The van der Waals surface area contributed by atoms with E-state index in [4.69, 9.17) is 0 Å². The third-order valence-electron chi connectivity index (χ3n) is 3.03. The van der Waals surface area contributed by atoms with Gasteiger partial charge in [0.1, 0.15) is 0 Å². The Morgan fingerprint density at radius 2 is 1.67 bits per heavy atom. The van der Waals surface area contributed by atoms with Crippen molar-refractivity contribution in [2.75, 3.05) is 0 Å². The van der Waals surface area contributed by atoms with Crippen LogP contribution in [0.2, 0.25) is 0 Å². The van der Waals surface area contributed by atoms with Crippen LogP contribution in [0.4, 0.5) is 13.2 Å². The molecule has 1 unspecified atom stereocenters. The van der Waals surface area contributed by atoms with Crippen LogP contribution < -0.4 is 0 Å². The molecule has 0 aliphatic heterocycles. The number of aliphatic hydroxyl groups is 1. The SMILES string of the molecule is CCc1ccc(C(O)C(F)(F)F)c2ccccc12. The molecule has 0 radical (unpaired) electrons. The zero-order chi connectivity index (χ0) is 13.3. The molecule has 0 spiro atoms. The number of rotatable bonds is 2. The van der Waals surface area contributed by atoms with E-state index in [2.05, 4.69) is 0 Å². The number of fused-ring (bicyclic) bond motifs is 1. The highest BCUT2D eigenvalue weighted by Crippen LogP contribution is 2.36. The van der Waals surface area contributed by atoms with Crippen LogP contribution in [0.1, 0.15) is 24.2 Å². The molecule has 2 aromatic carbocycles. The summed E-state index contributed by atoms with van der Waals surface area (Å²) < 4.78 is 37.8. The van der Waals surface area contributed by atoms with Crippen LogP contribution in [-0.4, -0.2) is 11.3 Å². The third-order valence-corrected chi connectivity index (χ3v) is 3.03. The van der Waals surface area contributed by atoms with Crippen LogP contribution >= 0.6 is 0 Å². The Balaban J connectivity index is 2.67. The van der Waals surface area contributed by atoms with Crippen molar-refractivity contribution in [1.29, 1.82) is 0 Å². The minimum absolute atomic E-state index is 0.0877. The lowest BCUT2D eigenvalue weighted by molar-refractivity contribution is -0.206. The molecule has 0 amide bonds. The molecule has 1 atom stereocenters. The van der Waals surface area contributed by atoms with Gasteiger partial charge in [0, 0.05) is 0 Å². The average molecular weight is 254 g/mol. The van der Waals surface area contributed by atoms with Gasteiger partial charge in [0.25, 0.3) is 0 Å². The van der Waals surface area contributed by atoms with E-state index in [1.807, 2.05) is 6.92 Å². The van der Waals surface area contributed by atoms with Gasteiger partial charge in [-0.15, -0.1) is 0 Å². The summed E-state index contributed by atoms with van der Waals surface area (Å²) in [5.74, 6) is 0. The van der Waals surface area contributed by atoms with Crippen LogP contribution in [-0.2, 0) is 6.42 Å². The van der Waals surface area contributed by atoms with E-state index in [-0.39, 0.29) is 5.56 Å². The standard InChI is InChI=1S/C14H13F3O/c1-2-9-7-8-12(13(18)14(15,16)17)11-6-4-3-5-10(9)11/h3-8,13,18H,2H2,1H3. The molecule has 1 N–H and O–H groups in total. The van der Waals surface area contributed by atoms with E-state index in [1.54, 1.807) is 30.3 Å². The van der Waals surface area contributed by atoms with Crippen LogP contribution in [0.5, 0.6) is 0 Å². The first-order valence-electron chi connectivity index (χ1n) is 5.70. The van der Waals surface area contributed by atoms with E-state index in [1.165, 1.54) is 6.07 Å². The first-order chi connectivity index (χ1) is 8.45. The molecule has 2 aromatic rings. The smallest absolute Gasteiger partial charge is 0.379 e. The highest BCUT2D eigenvalue weighted by Gasteiger charge is 2.40. The van der Waals surface area contributed by atoms with Crippen LogP contribution in [0.3, 0.4) is 0 Å². The van der Waals surface area contributed by atoms with Crippen LogP contribution in [0.25, 0.3) is 10.8 Å². The lowest BCUT2D eigenvalue weighted by atomic mass is 9.95. The Morgan fingerprint density at radius 3 is 2.22 bits per heavy atom. The Bertz CT molecular complexity index is 560. The van der Waals surface area contributed by atoms with Crippen molar-refractivity contribution in [3.8, 4) is 0 Å². The van der Waals surface area contributed by atoms with E-state index >= 15 is 0 Å². The minimum Gasteiger partial charge on any atom is -0.379 e. The molecule has 4 heteroatoms. The fourth-order valence-corrected chi connectivity index (χ4v) is 2.11. The largest absolute Gasteiger partial charge is 0.418 e. The Morgan fingerprint density at radius 1 is 1.06 bits per heavy atom. The number of hydrogen-bond acceptors (Lipinski definition) is 1. The predicted octanol–water partition coefficient (Wildman–Crippen LogP) is 4.00. The highest BCUT2D eigenvalue weighted by molar-refractivity contribution is 5.89. The number of benzene rings is 2. The quantitative estimate of drug-likeness (QED) is 0.858. The third kappa shape index (κ3) is 2.20. The van der Waals surface area contributed by atoms with Crippen LogP contribution in [0.15, 0.2) is 36.4 Å². The lowest BCUT2D eigenvalue weighted by Gasteiger charge is -2.18. The zero-order valence-corrected chi connectivity index (χ0v) is 9.83. The Hall–Kier alpha value is -1.55. The molecule has 0 fully saturated rings. The molecule has 2 rings (SSSR count).